The largest absolute Gasteiger partial charge is 0.493 e. The molecule has 0 saturated heterocycles. The molecule has 1 saturated carbocycles. The molecule has 2 heterocycles. The molecule has 0 bridgehead atoms. The van der Waals surface area contributed by atoms with Gasteiger partial charge in [0.15, 0.2) is 5.13 Å². The lowest BCUT2D eigenvalue weighted by Gasteiger charge is -2.10. The molecule has 6 rings (SSSR count). The van der Waals surface area contributed by atoms with Crippen molar-refractivity contribution in [1.29, 1.82) is 0 Å². The van der Waals surface area contributed by atoms with Crippen molar-refractivity contribution in [1.82, 2.24) is 14.8 Å². The monoisotopic (exact) mass is 526 g/mol. The number of nitrogens with zero attached hydrogens (tertiary/aromatic N) is 3. The minimum Gasteiger partial charge on any atom is -0.493 e. The summed E-state index contributed by atoms with van der Waals surface area (Å²) in [6.07, 6.45) is 3.72. The van der Waals surface area contributed by atoms with E-state index in [4.69, 9.17) is 9.84 Å². The average Bonchev–Trinajstić information content (AvgIpc) is 3.43. The van der Waals surface area contributed by atoms with Crippen LogP contribution in [0.2, 0.25) is 0 Å². The van der Waals surface area contributed by atoms with Gasteiger partial charge in [0, 0.05) is 29.2 Å². The summed E-state index contributed by atoms with van der Waals surface area (Å²) in [5.74, 6) is 0.348. The third kappa shape index (κ3) is 4.79. The lowest BCUT2D eigenvalue weighted by Crippen LogP contribution is -2.14. The Morgan fingerprint density at radius 3 is 2.79 bits per heavy atom. The summed E-state index contributed by atoms with van der Waals surface area (Å²) >= 11 is 1.28. The van der Waals surface area contributed by atoms with Crippen molar-refractivity contribution in [3.05, 3.63) is 89.9 Å². The van der Waals surface area contributed by atoms with Gasteiger partial charge < -0.3 is 10.1 Å². The number of hydrogen-bond donors (Lipinski definition) is 1. The van der Waals surface area contributed by atoms with Crippen LogP contribution in [-0.2, 0) is 4.79 Å². The number of nitrogens with one attached hydrogen (secondary N) is 1. The number of para-hydroxylation sites is 1. The smallest absolute Gasteiger partial charge is 0.229 e. The Balaban J connectivity index is 1.28. The van der Waals surface area contributed by atoms with Gasteiger partial charge in [0.05, 0.1) is 28.2 Å². The molecule has 6 nitrogen and oxygen atoms in total. The fraction of sp³-hybridized carbons (Fsp3) is 0.233. The predicted molar refractivity (Wildman–Crippen MR) is 149 cm³/mol. The van der Waals surface area contributed by atoms with Crippen molar-refractivity contribution < 1.29 is 13.9 Å². The van der Waals surface area contributed by atoms with E-state index in [-0.39, 0.29) is 23.6 Å². The Hall–Kier alpha value is -4.04. The summed E-state index contributed by atoms with van der Waals surface area (Å²) in [6.45, 7) is 4.81. The number of aryl methyl sites for hydroxylation is 1. The van der Waals surface area contributed by atoms with Crippen LogP contribution in [0.15, 0.2) is 72.9 Å². The number of benzene rings is 3. The Bertz CT molecular complexity index is 1630. The van der Waals surface area contributed by atoms with E-state index < -0.39 is 0 Å². The number of ether oxygens (including phenoxy) is 1. The minimum absolute atomic E-state index is 0.0469. The number of aromatic nitrogens is 3. The average molecular weight is 527 g/mol. The predicted octanol–water partition coefficient (Wildman–Crippen LogP) is 7.13. The van der Waals surface area contributed by atoms with Crippen LogP contribution in [0, 0.1) is 18.7 Å². The van der Waals surface area contributed by atoms with Crippen molar-refractivity contribution in [3.63, 3.8) is 0 Å². The van der Waals surface area contributed by atoms with Crippen LogP contribution >= 0.6 is 11.3 Å². The minimum atomic E-state index is -0.315. The van der Waals surface area contributed by atoms with Gasteiger partial charge >= 0.3 is 0 Å². The van der Waals surface area contributed by atoms with E-state index in [9.17, 15) is 9.18 Å². The number of carbonyl (C=O) groups excluding carboxylic acids is 1. The maximum Gasteiger partial charge on any atom is 0.229 e. The second-order valence-electron chi connectivity index (χ2n) is 9.61. The van der Waals surface area contributed by atoms with E-state index in [1.54, 1.807) is 6.07 Å². The van der Waals surface area contributed by atoms with Crippen LogP contribution < -0.4 is 10.1 Å². The summed E-state index contributed by atoms with van der Waals surface area (Å²) in [5, 5.41) is 8.39. The van der Waals surface area contributed by atoms with Crippen LogP contribution in [0.4, 0.5) is 9.52 Å². The molecule has 1 aliphatic rings. The van der Waals surface area contributed by atoms with Crippen molar-refractivity contribution in [2.24, 2.45) is 5.92 Å². The fourth-order valence-corrected chi connectivity index (χ4v) is 5.64. The highest BCUT2D eigenvalue weighted by atomic mass is 32.1. The van der Waals surface area contributed by atoms with E-state index in [0.29, 0.717) is 22.0 Å². The fourth-order valence-electron chi connectivity index (χ4n) is 4.75. The number of anilines is 1. The highest BCUT2D eigenvalue weighted by molar-refractivity contribution is 7.22. The molecule has 5 aromatic rings. The van der Waals surface area contributed by atoms with Gasteiger partial charge in [-0.15, -0.1) is 0 Å². The zero-order valence-electron chi connectivity index (χ0n) is 21.1. The van der Waals surface area contributed by atoms with E-state index in [1.807, 2.05) is 60.3 Å². The van der Waals surface area contributed by atoms with E-state index in [1.165, 1.54) is 23.5 Å². The summed E-state index contributed by atoms with van der Waals surface area (Å²) in [5.41, 5.74) is 5.59. The number of halogens is 1. The lowest BCUT2D eigenvalue weighted by molar-refractivity contribution is -0.117. The van der Waals surface area contributed by atoms with Crippen molar-refractivity contribution in [3.8, 4) is 22.7 Å². The molecule has 0 spiro atoms. The highest BCUT2D eigenvalue weighted by Gasteiger charge is 2.46. The molecule has 1 fully saturated rings. The molecule has 2 unspecified atom stereocenters. The third-order valence-electron chi connectivity index (χ3n) is 6.78. The van der Waals surface area contributed by atoms with Gasteiger partial charge in [0.25, 0.3) is 0 Å². The van der Waals surface area contributed by atoms with Gasteiger partial charge in [-0.3, -0.25) is 4.79 Å². The van der Waals surface area contributed by atoms with Gasteiger partial charge in [-0.25, -0.2) is 14.1 Å². The first-order chi connectivity index (χ1) is 18.5. The molecule has 2 atom stereocenters. The molecule has 1 aliphatic carbocycles. The number of amides is 1. The molecule has 1 amide bonds. The van der Waals surface area contributed by atoms with Crippen LogP contribution in [0.3, 0.4) is 0 Å². The van der Waals surface area contributed by atoms with Gasteiger partial charge in [0.1, 0.15) is 11.6 Å². The standard InChI is InChI=1S/C30H27FN4O2S/c1-3-13-37-26-12-9-19(14-18(26)2)28-24(17-35(34-28)21-7-5-4-6-8-21)22-16-23(22)29(36)33-30-32-25-11-10-20(31)15-27(25)38-30/h4-12,14-15,17,22-23H,3,13,16H2,1-2H3,(H,32,33,36). The maximum atomic E-state index is 13.6. The Morgan fingerprint density at radius 2 is 2.00 bits per heavy atom. The zero-order chi connectivity index (χ0) is 26.2. The van der Waals surface area contributed by atoms with Gasteiger partial charge in [-0.05, 0) is 73.9 Å². The van der Waals surface area contributed by atoms with Gasteiger partial charge in [-0.2, -0.15) is 5.10 Å². The molecular weight excluding hydrogens is 499 g/mol. The van der Waals surface area contributed by atoms with Crippen LogP contribution in [-0.4, -0.2) is 27.3 Å². The number of fused-ring (bicyclic) bond motifs is 1. The van der Waals surface area contributed by atoms with Crippen LogP contribution in [0.1, 0.15) is 36.8 Å². The van der Waals surface area contributed by atoms with E-state index in [0.717, 1.165) is 46.7 Å². The van der Waals surface area contributed by atoms with Crippen LogP contribution in [0.25, 0.3) is 27.2 Å². The molecule has 0 radical (unpaired) electrons. The first kappa shape index (κ1) is 24.3. The van der Waals surface area contributed by atoms with Crippen molar-refractivity contribution >= 4 is 32.6 Å². The van der Waals surface area contributed by atoms with Crippen molar-refractivity contribution in [2.75, 3.05) is 11.9 Å². The number of rotatable bonds is 8. The third-order valence-corrected chi connectivity index (χ3v) is 7.71. The summed E-state index contributed by atoms with van der Waals surface area (Å²) in [6, 6.07) is 20.6. The van der Waals surface area contributed by atoms with Crippen LogP contribution in [0.5, 0.6) is 5.75 Å². The number of carbonyl (C=O) groups is 1. The molecule has 1 N–H and O–H groups in total. The Kier molecular flexibility index (Phi) is 6.41. The number of thiazole rings is 1. The summed E-state index contributed by atoms with van der Waals surface area (Å²) in [7, 11) is 0. The molecule has 192 valence electrons. The molecule has 8 heteroatoms. The van der Waals surface area contributed by atoms with E-state index in [2.05, 4.69) is 23.3 Å². The molecule has 3 aromatic carbocycles. The Labute approximate surface area is 224 Å². The second-order valence-corrected chi connectivity index (χ2v) is 10.6. The molecule has 0 aliphatic heterocycles. The molecular formula is C30H27FN4O2S. The normalized spacial score (nSPS) is 16.5. The zero-order valence-corrected chi connectivity index (χ0v) is 22.0. The van der Waals surface area contributed by atoms with Gasteiger partial charge in [-0.1, -0.05) is 36.5 Å². The first-order valence-corrected chi connectivity index (χ1v) is 13.6. The lowest BCUT2D eigenvalue weighted by atomic mass is 10.0. The second kappa shape index (κ2) is 10.0. The maximum absolute atomic E-state index is 13.6. The summed E-state index contributed by atoms with van der Waals surface area (Å²) in [4.78, 5) is 17.6. The molecule has 38 heavy (non-hydrogen) atoms. The topological polar surface area (TPSA) is 69.0 Å². The molecule has 2 aromatic heterocycles. The highest BCUT2D eigenvalue weighted by Crippen LogP contribution is 2.51. The quantitative estimate of drug-likeness (QED) is 0.234. The SMILES string of the molecule is CCCOc1ccc(-c2nn(-c3ccccc3)cc2C2CC2C(=O)Nc2nc3ccc(F)cc3s2)cc1C. The van der Waals surface area contributed by atoms with E-state index >= 15 is 0 Å². The Morgan fingerprint density at radius 1 is 1.16 bits per heavy atom. The first-order valence-electron chi connectivity index (χ1n) is 12.8. The number of hydrogen-bond acceptors (Lipinski definition) is 5. The van der Waals surface area contributed by atoms with Crippen molar-refractivity contribution in [2.45, 2.75) is 32.6 Å². The van der Waals surface area contributed by atoms with Gasteiger partial charge in [0.2, 0.25) is 5.91 Å². The summed E-state index contributed by atoms with van der Waals surface area (Å²) < 4.78 is 22.0.